The van der Waals surface area contributed by atoms with E-state index in [0.29, 0.717) is 4.90 Å². The van der Waals surface area contributed by atoms with Crippen LogP contribution in [0.3, 0.4) is 0 Å². The lowest BCUT2D eigenvalue weighted by Crippen LogP contribution is -2.33. The summed E-state index contributed by atoms with van der Waals surface area (Å²) in [6, 6.07) is 16.9. The van der Waals surface area contributed by atoms with Crippen molar-refractivity contribution in [3.8, 4) is 5.75 Å². The summed E-state index contributed by atoms with van der Waals surface area (Å²) in [5.74, 6) is 0.570. The van der Waals surface area contributed by atoms with Gasteiger partial charge >= 0.3 is 0 Å². The van der Waals surface area contributed by atoms with Crippen LogP contribution < -0.4 is 10.0 Å². The van der Waals surface area contributed by atoms with E-state index in [0.717, 1.165) is 40.4 Å². The molecule has 0 aromatic heterocycles. The second-order valence-corrected chi connectivity index (χ2v) is 10.6. The van der Waals surface area contributed by atoms with E-state index in [1.54, 1.807) is 18.2 Å². The van der Waals surface area contributed by atoms with Crippen LogP contribution >= 0.6 is 0 Å². The van der Waals surface area contributed by atoms with Gasteiger partial charge in [-0.1, -0.05) is 49.4 Å². The highest BCUT2D eigenvalue weighted by molar-refractivity contribution is 7.89. The van der Waals surface area contributed by atoms with Crippen molar-refractivity contribution in [3.05, 3.63) is 77.9 Å². The largest absolute Gasteiger partial charge is 0.508 e. The molecule has 3 aromatic carbocycles. The van der Waals surface area contributed by atoms with Crippen molar-refractivity contribution in [3.63, 3.8) is 0 Å². The van der Waals surface area contributed by atoms with E-state index in [1.807, 2.05) is 38.1 Å². The van der Waals surface area contributed by atoms with Crippen LogP contribution in [0.15, 0.2) is 71.6 Å². The maximum atomic E-state index is 12.9. The predicted octanol–water partition coefficient (Wildman–Crippen LogP) is 5.45. The molecular formula is C26H28N2O3S. The zero-order valence-electron chi connectivity index (χ0n) is 18.2. The second-order valence-electron chi connectivity index (χ2n) is 8.87. The number of allylic oxidation sites excluding steroid dienone is 2. The Morgan fingerprint density at radius 2 is 1.97 bits per heavy atom. The van der Waals surface area contributed by atoms with Crippen LogP contribution in [0.25, 0.3) is 10.8 Å². The predicted molar refractivity (Wildman–Crippen MR) is 128 cm³/mol. The molecule has 1 aliphatic carbocycles. The summed E-state index contributed by atoms with van der Waals surface area (Å²) >= 11 is 0. The number of aromatic hydroxyl groups is 1. The molecule has 0 saturated heterocycles. The van der Waals surface area contributed by atoms with E-state index in [2.05, 4.69) is 34.3 Å². The SMILES string of the molecule is CCC(C)NS(=O)(=O)c1ccc2c(c1)C1C=CCC1C(c1c(O)ccc3ccccc13)N2. The van der Waals surface area contributed by atoms with Gasteiger partial charge in [0.25, 0.3) is 0 Å². The standard InChI is InChI=1S/C26H28N2O3S/c1-3-16(2)28-32(30,31)18-12-13-23-22(15-18)20-9-6-10-21(20)26(27-23)25-19-8-5-4-7-17(19)11-14-24(25)29/h4-9,11-16,20-21,26-29H,3,10H2,1-2H3. The zero-order chi connectivity index (χ0) is 22.5. The Kier molecular flexibility index (Phi) is 5.22. The molecule has 32 heavy (non-hydrogen) atoms. The molecule has 3 aromatic rings. The molecule has 3 N–H and O–H groups in total. The molecule has 6 heteroatoms. The molecule has 0 amide bonds. The molecule has 0 radical (unpaired) electrons. The van der Waals surface area contributed by atoms with E-state index in [9.17, 15) is 13.5 Å². The molecule has 2 aliphatic rings. The number of benzene rings is 3. The van der Waals surface area contributed by atoms with Gasteiger partial charge < -0.3 is 10.4 Å². The Bertz CT molecular complexity index is 1320. The summed E-state index contributed by atoms with van der Waals surface area (Å²) in [7, 11) is -3.58. The summed E-state index contributed by atoms with van der Waals surface area (Å²) in [4.78, 5) is 0.295. The quantitative estimate of drug-likeness (QED) is 0.454. The number of rotatable bonds is 5. The lowest BCUT2D eigenvalue weighted by atomic mass is 9.76. The normalized spacial score (nSPS) is 22.9. The van der Waals surface area contributed by atoms with Crippen LogP contribution in [0.4, 0.5) is 5.69 Å². The fourth-order valence-electron chi connectivity index (χ4n) is 5.05. The maximum absolute atomic E-state index is 12.9. The number of nitrogens with one attached hydrogen (secondary N) is 2. The van der Waals surface area contributed by atoms with Gasteiger partial charge in [0, 0.05) is 23.2 Å². The minimum Gasteiger partial charge on any atom is -0.508 e. The first kappa shape index (κ1) is 21.0. The van der Waals surface area contributed by atoms with Gasteiger partial charge in [0.1, 0.15) is 5.75 Å². The second kappa shape index (κ2) is 7.94. The zero-order valence-corrected chi connectivity index (χ0v) is 19.1. The molecule has 0 spiro atoms. The molecule has 5 rings (SSSR count). The van der Waals surface area contributed by atoms with Crippen LogP contribution in [0.5, 0.6) is 5.75 Å². The Morgan fingerprint density at radius 1 is 1.16 bits per heavy atom. The fourth-order valence-corrected chi connectivity index (χ4v) is 6.41. The topological polar surface area (TPSA) is 78.4 Å². The van der Waals surface area contributed by atoms with Gasteiger partial charge in [-0.15, -0.1) is 0 Å². The Morgan fingerprint density at radius 3 is 2.78 bits per heavy atom. The number of anilines is 1. The molecule has 5 nitrogen and oxygen atoms in total. The molecule has 4 atom stereocenters. The molecule has 4 unspecified atom stereocenters. The molecule has 0 saturated carbocycles. The monoisotopic (exact) mass is 448 g/mol. The third-order valence-electron chi connectivity index (χ3n) is 6.87. The van der Waals surface area contributed by atoms with Gasteiger partial charge in [0.15, 0.2) is 0 Å². The highest BCUT2D eigenvalue weighted by Crippen LogP contribution is 2.52. The summed E-state index contributed by atoms with van der Waals surface area (Å²) in [5.41, 5.74) is 2.81. The van der Waals surface area contributed by atoms with Crippen molar-refractivity contribution in [2.45, 2.75) is 49.6 Å². The lowest BCUT2D eigenvalue weighted by molar-refractivity contribution is 0.404. The van der Waals surface area contributed by atoms with Crippen LogP contribution in [0.2, 0.25) is 0 Å². The summed E-state index contributed by atoms with van der Waals surface area (Å²) in [6.07, 6.45) is 5.94. The summed E-state index contributed by atoms with van der Waals surface area (Å²) in [6.45, 7) is 3.83. The Hall–Kier alpha value is -2.83. The number of fused-ring (bicyclic) bond motifs is 4. The van der Waals surface area contributed by atoms with Gasteiger partial charge in [0.2, 0.25) is 10.0 Å². The molecule has 0 fully saturated rings. The third kappa shape index (κ3) is 3.48. The molecular weight excluding hydrogens is 420 g/mol. The van der Waals surface area contributed by atoms with Gasteiger partial charge in [-0.2, -0.15) is 0 Å². The highest BCUT2D eigenvalue weighted by atomic mass is 32.2. The fraction of sp³-hybridized carbons (Fsp3) is 0.308. The highest BCUT2D eigenvalue weighted by Gasteiger charge is 2.40. The maximum Gasteiger partial charge on any atom is 0.240 e. The van der Waals surface area contributed by atoms with Crippen molar-refractivity contribution < 1.29 is 13.5 Å². The summed E-state index contributed by atoms with van der Waals surface area (Å²) < 4.78 is 28.5. The van der Waals surface area contributed by atoms with Crippen molar-refractivity contribution in [1.29, 1.82) is 0 Å². The van der Waals surface area contributed by atoms with Gasteiger partial charge in [0.05, 0.1) is 10.9 Å². The third-order valence-corrected chi connectivity index (χ3v) is 8.46. The molecule has 1 heterocycles. The first-order chi connectivity index (χ1) is 15.4. The number of phenolic OH excluding ortho intramolecular Hbond substituents is 1. The van der Waals surface area contributed by atoms with E-state index in [1.165, 1.54) is 0 Å². The summed E-state index contributed by atoms with van der Waals surface area (Å²) in [5, 5.41) is 16.6. The Balaban J connectivity index is 1.59. The van der Waals surface area contributed by atoms with Crippen LogP contribution in [-0.4, -0.2) is 19.6 Å². The first-order valence-corrected chi connectivity index (χ1v) is 12.7. The molecule has 166 valence electrons. The van der Waals surface area contributed by atoms with Crippen molar-refractivity contribution in [2.75, 3.05) is 5.32 Å². The Labute approximate surface area is 189 Å². The van der Waals surface area contributed by atoms with Crippen LogP contribution in [0, 0.1) is 5.92 Å². The van der Waals surface area contributed by atoms with Gasteiger partial charge in [-0.3, -0.25) is 0 Å². The minimum atomic E-state index is -3.58. The molecule has 1 aliphatic heterocycles. The number of phenols is 1. The lowest BCUT2D eigenvalue weighted by Gasteiger charge is -2.38. The van der Waals surface area contributed by atoms with Crippen molar-refractivity contribution >= 4 is 26.5 Å². The first-order valence-electron chi connectivity index (χ1n) is 11.2. The molecule has 0 bridgehead atoms. The van der Waals surface area contributed by atoms with E-state index in [-0.39, 0.29) is 29.7 Å². The van der Waals surface area contributed by atoms with E-state index in [4.69, 9.17) is 0 Å². The average molecular weight is 449 g/mol. The number of hydrogen-bond donors (Lipinski definition) is 3. The van der Waals surface area contributed by atoms with Crippen LogP contribution in [0.1, 0.15) is 49.8 Å². The average Bonchev–Trinajstić information content (AvgIpc) is 3.28. The van der Waals surface area contributed by atoms with Crippen molar-refractivity contribution in [2.24, 2.45) is 5.92 Å². The number of hydrogen-bond acceptors (Lipinski definition) is 4. The van der Waals surface area contributed by atoms with Crippen LogP contribution in [-0.2, 0) is 10.0 Å². The van der Waals surface area contributed by atoms with Gasteiger partial charge in [-0.05, 0) is 66.3 Å². The number of sulfonamides is 1. The van der Waals surface area contributed by atoms with Crippen molar-refractivity contribution in [1.82, 2.24) is 4.72 Å². The minimum absolute atomic E-state index is 0.0747. The smallest absolute Gasteiger partial charge is 0.240 e. The van der Waals surface area contributed by atoms with E-state index >= 15 is 0 Å². The van der Waals surface area contributed by atoms with E-state index < -0.39 is 10.0 Å². The van der Waals surface area contributed by atoms with Gasteiger partial charge in [-0.25, -0.2) is 13.1 Å².